The van der Waals surface area contributed by atoms with Crippen molar-refractivity contribution in [2.45, 2.75) is 25.3 Å². The van der Waals surface area contributed by atoms with E-state index in [0.717, 1.165) is 5.56 Å². The van der Waals surface area contributed by atoms with Gasteiger partial charge in [-0.05, 0) is 38.0 Å². The Bertz CT molecular complexity index is 763. The molecule has 0 bridgehead atoms. The van der Waals surface area contributed by atoms with E-state index in [9.17, 15) is 9.59 Å². The van der Waals surface area contributed by atoms with E-state index in [1.807, 2.05) is 48.4 Å². The van der Waals surface area contributed by atoms with Crippen LogP contribution in [0.3, 0.4) is 0 Å². The Labute approximate surface area is 159 Å². The highest BCUT2D eigenvalue weighted by molar-refractivity contribution is 5.94. The standard InChI is InChI=1S/C20H26N4O3/c1-16-4-6-17(7-5-16)18(25)23-13-8-20(9-14-23,24-12-3-10-22-24)19(26)21-11-15-27-2/h3-7,10,12H,8-9,11,13-15H2,1-2H3,(H,21,26). The maximum absolute atomic E-state index is 12.9. The zero-order valence-corrected chi connectivity index (χ0v) is 15.9. The molecule has 1 aliphatic rings. The second kappa shape index (κ2) is 8.35. The van der Waals surface area contributed by atoms with E-state index in [1.165, 1.54) is 0 Å². The van der Waals surface area contributed by atoms with Crippen molar-refractivity contribution < 1.29 is 14.3 Å². The van der Waals surface area contributed by atoms with Crippen molar-refractivity contribution in [3.63, 3.8) is 0 Å². The first-order chi connectivity index (χ1) is 13.1. The lowest BCUT2D eigenvalue weighted by atomic mass is 9.86. The molecular formula is C20H26N4O3. The van der Waals surface area contributed by atoms with Crippen LogP contribution in [0.5, 0.6) is 0 Å². The van der Waals surface area contributed by atoms with Gasteiger partial charge in [-0.1, -0.05) is 17.7 Å². The van der Waals surface area contributed by atoms with E-state index in [-0.39, 0.29) is 11.8 Å². The molecule has 0 aliphatic carbocycles. The molecule has 0 spiro atoms. The molecule has 2 amide bonds. The maximum Gasteiger partial charge on any atom is 0.253 e. The minimum Gasteiger partial charge on any atom is -0.383 e. The summed E-state index contributed by atoms with van der Waals surface area (Å²) in [4.78, 5) is 27.5. The van der Waals surface area contributed by atoms with Crippen molar-refractivity contribution in [3.8, 4) is 0 Å². The smallest absolute Gasteiger partial charge is 0.253 e. The molecular weight excluding hydrogens is 344 g/mol. The number of rotatable bonds is 6. The fourth-order valence-corrected chi connectivity index (χ4v) is 3.47. The van der Waals surface area contributed by atoms with Gasteiger partial charge in [-0.15, -0.1) is 0 Å². The van der Waals surface area contributed by atoms with E-state index >= 15 is 0 Å². The number of piperidine rings is 1. The second-order valence-electron chi connectivity index (χ2n) is 6.89. The van der Waals surface area contributed by atoms with Crippen molar-refractivity contribution in [2.75, 3.05) is 33.4 Å². The quantitative estimate of drug-likeness (QED) is 0.784. The van der Waals surface area contributed by atoms with Crippen LogP contribution < -0.4 is 5.32 Å². The molecule has 3 rings (SSSR count). The van der Waals surface area contributed by atoms with Gasteiger partial charge < -0.3 is 15.0 Å². The lowest BCUT2D eigenvalue weighted by Gasteiger charge is -2.40. The van der Waals surface area contributed by atoms with Crippen molar-refractivity contribution in [1.29, 1.82) is 0 Å². The first-order valence-corrected chi connectivity index (χ1v) is 9.20. The number of aryl methyl sites for hydroxylation is 1. The normalized spacial score (nSPS) is 16.1. The molecule has 0 saturated carbocycles. The summed E-state index contributed by atoms with van der Waals surface area (Å²) in [7, 11) is 1.60. The third kappa shape index (κ3) is 4.03. The Morgan fingerprint density at radius 2 is 1.93 bits per heavy atom. The van der Waals surface area contributed by atoms with Gasteiger partial charge in [-0.2, -0.15) is 5.10 Å². The number of hydrogen-bond acceptors (Lipinski definition) is 4. The molecule has 1 aromatic carbocycles. The van der Waals surface area contributed by atoms with Crippen LogP contribution in [0.2, 0.25) is 0 Å². The summed E-state index contributed by atoms with van der Waals surface area (Å²) in [5.41, 5.74) is 1.02. The highest BCUT2D eigenvalue weighted by atomic mass is 16.5. The van der Waals surface area contributed by atoms with Crippen molar-refractivity contribution in [3.05, 3.63) is 53.9 Å². The first kappa shape index (κ1) is 19.1. The van der Waals surface area contributed by atoms with Crippen LogP contribution in [0, 0.1) is 6.92 Å². The van der Waals surface area contributed by atoms with Crippen LogP contribution in [0.1, 0.15) is 28.8 Å². The van der Waals surface area contributed by atoms with Crippen LogP contribution in [0.4, 0.5) is 0 Å². The predicted octanol–water partition coefficient (Wildman–Crippen LogP) is 1.59. The Morgan fingerprint density at radius 1 is 1.22 bits per heavy atom. The van der Waals surface area contributed by atoms with Gasteiger partial charge in [0, 0.05) is 44.7 Å². The fourth-order valence-electron chi connectivity index (χ4n) is 3.47. The van der Waals surface area contributed by atoms with Crippen LogP contribution in [0.25, 0.3) is 0 Å². The molecule has 1 fully saturated rings. The van der Waals surface area contributed by atoms with E-state index < -0.39 is 5.54 Å². The van der Waals surface area contributed by atoms with E-state index in [4.69, 9.17) is 4.74 Å². The van der Waals surface area contributed by atoms with Gasteiger partial charge in [0.05, 0.1) is 6.61 Å². The summed E-state index contributed by atoms with van der Waals surface area (Å²) in [6, 6.07) is 9.39. The number of carbonyl (C=O) groups is 2. The largest absolute Gasteiger partial charge is 0.383 e. The molecule has 0 unspecified atom stereocenters. The van der Waals surface area contributed by atoms with E-state index in [1.54, 1.807) is 18.0 Å². The minimum absolute atomic E-state index is 0.00357. The molecule has 144 valence electrons. The highest BCUT2D eigenvalue weighted by Gasteiger charge is 2.44. The van der Waals surface area contributed by atoms with Crippen LogP contribution in [0.15, 0.2) is 42.7 Å². The van der Waals surface area contributed by atoms with Gasteiger partial charge in [0.2, 0.25) is 5.91 Å². The summed E-state index contributed by atoms with van der Waals surface area (Å²) < 4.78 is 6.74. The van der Waals surface area contributed by atoms with Gasteiger partial charge in [-0.3, -0.25) is 14.3 Å². The topological polar surface area (TPSA) is 76.5 Å². The zero-order valence-electron chi connectivity index (χ0n) is 15.9. The van der Waals surface area contributed by atoms with Crippen molar-refractivity contribution in [2.24, 2.45) is 0 Å². The van der Waals surface area contributed by atoms with Gasteiger partial charge in [0.1, 0.15) is 5.54 Å². The summed E-state index contributed by atoms with van der Waals surface area (Å²) in [6.07, 6.45) is 4.53. The molecule has 7 nitrogen and oxygen atoms in total. The number of methoxy groups -OCH3 is 1. The average Bonchev–Trinajstić information content (AvgIpc) is 3.23. The predicted molar refractivity (Wildman–Crippen MR) is 101 cm³/mol. The summed E-state index contributed by atoms with van der Waals surface area (Å²) >= 11 is 0. The molecule has 0 atom stereocenters. The lowest BCUT2D eigenvalue weighted by Crippen LogP contribution is -2.56. The number of nitrogens with zero attached hydrogens (tertiary/aromatic N) is 3. The molecule has 1 saturated heterocycles. The molecule has 1 aliphatic heterocycles. The number of amides is 2. The van der Waals surface area contributed by atoms with Gasteiger partial charge in [0.15, 0.2) is 0 Å². The summed E-state index contributed by atoms with van der Waals surface area (Å²) in [5.74, 6) is -0.0745. The Kier molecular flexibility index (Phi) is 5.91. The number of likely N-dealkylation sites (tertiary alicyclic amines) is 1. The van der Waals surface area contributed by atoms with Gasteiger partial charge in [0.25, 0.3) is 5.91 Å². The number of nitrogens with one attached hydrogen (secondary N) is 1. The number of hydrogen-bond donors (Lipinski definition) is 1. The molecule has 2 heterocycles. The highest BCUT2D eigenvalue weighted by Crippen LogP contribution is 2.30. The first-order valence-electron chi connectivity index (χ1n) is 9.20. The van der Waals surface area contributed by atoms with Gasteiger partial charge >= 0.3 is 0 Å². The summed E-state index contributed by atoms with van der Waals surface area (Å²) in [5, 5.41) is 7.26. The third-order valence-electron chi connectivity index (χ3n) is 5.13. The van der Waals surface area contributed by atoms with E-state index in [0.29, 0.717) is 44.6 Å². The third-order valence-corrected chi connectivity index (χ3v) is 5.13. The summed E-state index contributed by atoms with van der Waals surface area (Å²) in [6.45, 7) is 3.91. The van der Waals surface area contributed by atoms with Crippen LogP contribution in [-0.4, -0.2) is 59.8 Å². The second-order valence-corrected chi connectivity index (χ2v) is 6.89. The number of benzene rings is 1. The monoisotopic (exact) mass is 370 g/mol. The number of ether oxygens (including phenoxy) is 1. The lowest BCUT2D eigenvalue weighted by molar-refractivity contribution is -0.133. The van der Waals surface area contributed by atoms with Crippen LogP contribution >= 0.6 is 0 Å². The van der Waals surface area contributed by atoms with Crippen molar-refractivity contribution in [1.82, 2.24) is 20.0 Å². The number of aromatic nitrogens is 2. The number of carbonyl (C=O) groups excluding carboxylic acids is 2. The Hall–Kier alpha value is -2.67. The van der Waals surface area contributed by atoms with Gasteiger partial charge in [-0.25, -0.2) is 0 Å². The van der Waals surface area contributed by atoms with Crippen LogP contribution in [-0.2, 0) is 15.1 Å². The Morgan fingerprint density at radius 3 is 2.52 bits per heavy atom. The molecule has 1 aromatic heterocycles. The van der Waals surface area contributed by atoms with E-state index in [2.05, 4.69) is 10.4 Å². The fraction of sp³-hybridized carbons (Fsp3) is 0.450. The maximum atomic E-state index is 12.9. The molecule has 7 heteroatoms. The zero-order chi connectivity index (χ0) is 19.3. The van der Waals surface area contributed by atoms with Crippen molar-refractivity contribution >= 4 is 11.8 Å². The average molecular weight is 370 g/mol. The molecule has 2 aromatic rings. The minimum atomic E-state index is -0.776. The SMILES string of the molecule is COCCNC(=O)C1(n2cccn2)CCN(C(=O)c2ccc(C)cc2)CC1. The molecule has 27 heavy (non-hydrogen) atoms. The molecule has 1 N–H and O–H groups in total. The molecule has 0 radical (unpaired) electrons. The Balaban J connectivity index is 1.73.